The number of carbonyl (C=O) groups excluding carboxylic acids is 1. The molecule has 19 heavy (non-hydrogen) atoms. The van der Waals surface area contributed by atoms with Crippen LogP contribution in [-0.2, 0) is 4.79 Å². The van der Waals surface area contributed by atoms with Crippen molar-refractivity contribution in [3.63, 3.8) is 0 Å². The Kier molecular flexibility index (Phi) is 4.95. The molecular formula is C15H24N2O2. The predicted octanol–water partition coefficient (Wildman–Crippen LogP) is 2.30. The normalized spacial score (nSPS) is 13.1. The minimum absolute atomic E-state index is 0.0494. The number of amides is 1. The molecule has 0 fully saturated rings. The second kappa shape index (κ2) is 6.06. The molecule has 4 nitrogen and oxygen atoms in total. The maximum absolute atomic E-state index is 12.5. The minimum atomic E-state index is -0.596. The van der Waals surface area contributed by atoms with E-state index in [9.17, 15) is 9.90 Å². The summed E-state index contributed by atoms with van der Waals surface area (Å²) in [5.74, 6) is 0.272. The lowest BCUT2D eigenvalue weighted by Crippen LogP contribution is -2.53. The Morgan fingerprint density at radius 1 is 1.47 bits per heavy atom. The molecule has 0 bridgehead atoms. The summed E-state index contributed by atoms with van der Waals surface area (Å²) in [6.45, 7) is 8.30. The number of hydrogen-bond acceptors (Lipinski definition) is 3. The fourth-order valence-corrected chi connectivity index (χ4v) is 2.02. The summed E-state index contributed by atoms with van der Waals surface area (Å²) in [6, 6.07) is 6.98. The van der Waals surface area contributed by atoms with Gasteiger partial charge in [0.25, 0.3) is 0 Å². The highest BCUT2D eigenvalue weighted by molar-refractivity contribution is 5.85. The van der Waals surface area contributed by atoms with Gasteiger partial charge in [-0.15, -0.1) is 0 Å². The van der Waals surface area contributed by atoms with Gasteiger partial charge >= 0.3 is 0 Å². The zero-order valence-electron chi connectivity index (χ0n) is 12.4. The Balaban J connectivity index is 3.00. The van der Waals surface area contributed by atoms with Gasteiger partial charge in [0.15, 0.2) is 0 Å². The number of hydrogen-bond donors (Lipinski definition) is 2. The molecule has 4 heteroatoms. The van der Waals surface area contributed by atoms with Crippen molar-refractivity contribution in [1.29, 1.82) is 0 Å². The lowest BCUT2D eigenvalue weighted by molar-refractivity contribution is -0.138. The highest BCUT2D eigenvalue weighted by Gasteiger charge is 2.32. The average molecular weight is 264 g/mol. The molecule has 0 aliphatic heterocycles. The number of phenolic OH excluding ortho intramolecular Hbond substituents is 1. The topological polar surface area (TPSA) is 52.6 Å². The van der Waals surface area contributed by atoms with Crippen LogP contribution in [0.2, 0.25) is 0 Å². The van der Waals surface area contributed by atoms with E-state index in [1.165, 1.54) is 0 Å². The van der Waals surface area contributed by atoms with Gasteiger partial charge in [0, 0.05) is 6.54 Å². The predicted molar refractivity (Wildman–Crippen MR) is 77.0 cm³/mol. The van der Waals surface area contributed by atoms with Crippen LogP contribution in [0.1, 0.15) is 39.3 Å². The average Bonchev–Trinajstić information content (AvgIpc) is 2.39. The van der Waals surface area contributed by atoms with Crippen molar-refractivity contribution < 1.29 is 9.90 Å². The molecule has 0 aromatic heterocycles. The van der Waals surface area contributed by atoms with Gasteiger partial charge < -0.3 is 15.3 Å². The van der Waals surface area contributed by atoms with Crippen LogP contribution >= 0.6 is 0 Å². The van der Waals surface area contributed by atoms with Crippen molar-refractivity contribution in [3.8, 4) is 5.75 Å². The second-order valence-electron chi connectivity index (χ2n) is 5.24. The number of rotatable bonds is 5. The first-order chi connectivity index (χ1) is 8.83. The molecular weight excluding hydrogens is 240 g/mol. The van der Waals surface area contributed by atoms with Crippen molar-refractivity contribution in [1.82, 2.24) is 10.2 Å². The minimum Gasteiger partial charge on any atom is -0.508 e. The van der Waals surface area contributed by atoms with Crippen molar-refractivity contribution in [2.24, 2.45) is 0 Å². The molecule has 106 valence electrons. The van der Waals surface area contributed by atoms with Gasteiger partial charge in [-0.1, -0.05) is 12.1 Å². The molecule has 0 saturated heterocycles. The molecule has 1 aromatic carbocycles. The Labute approximate surface area is 115 Å². The van der Waals surface area contributed by atoms with Crippen molar-refractivity contribution in [2.45, 2.75) is 39.3 Å². The summed E-state index contributed by atoms with van der Waals surface area (Å²) in [7, 11) is 1.78. The van der Waals surface area contributed by atoms with E-state index in [0.29, 0.717) is 6.54 Å². The molecule has 0 spiro atoms. The van der Waals surface area contributed by atoms with E-state index < -0.39 is 5.54 Å². The summed E-state index contributed by atoms with van der Waals surface area (Å²) in [6.07, 6.45) is 0. The van der Waals surface area contributed by atoms with Crippen molar-refractivity contribution in [3.05, 3.63) is 29.8 Å². The Morgan fingerprint density at radius 3 is 2.58 bits per heavy atom. The molecule has 1 rings (SSSR count). The van der Waals surface area contributed by atoms with Crippen LogP contribution in [0.25, 0.3) is 0 Å². The third-order valence-electron chi connectivity index (χ3n) is 3.58. The quantitative estimate of drug-likeness (QED) is 0.858. The van der Waals surface area contributed by atoms with E-state index in [-0.39, 0.29) is 17.7 Å². The standard InChI is InChI=1S/C15H24N2O2/c1-6-17(14(19)15(3,4)16-5)11(2)12-8-7-9-13(18)10-12/h7-11,16,18H,6H2,1-5H3. The van der Waals surface area contributed by atoms with Crippen LogP contribution in [-0.4, -0.2) is 35.0 Å². The number of benzene rings is 1. The highest BCUT2D eigenvalue weighted by atomic mass is 16.3. The molecule has 1 unspecified atom stereocenters. The van der Waals surface area contributed by atoms with Crippen LogP contribution in [0, 0.1) is 0 Å². The van der Waals surface area contributed by atoms with E-state index >= 15 is 0 Å². The number of nitrogens with one attached hydrogen (secondary N) is 1. The van der Waals surface area contributed by atoms with Crippen molar-refractivity contribution in [2.75, 3.05) is 13.6 Å². The zero-order chi connectivity index (χ0) is 14.6. The van der Waals surface area contributed by atoms with Crippen LogP contribution in [0.15, 0.2) is 24.3 Å². The summed E-state index contributed by atoms with van der Waals surface area (Å²) in [5.41, 5.74) is 0.336. The van der Waals surface area contributed by atoms with Gasteiger partial charge in [-0.3, -0.25) is 4.79 Å². The number of carbonyl (C=O) groups is 1. The van der Waals surface area contributed by atoms with E-state index in [0.717, 1.165) is 5.56 Å². The third kappa shape index (κ3) is 3.47. The molecule has 0 aliphatic rings. The van der Waals surface area contributed by atoms with Crippen LogP contribution in [0.3, 0.4) is 0 Å². The smallest absolute Gasteiger partial charge is 0.242 e. The summed E-state index contributed by atoms with van der Waals surface area (Å²) in [4.78, 5) is 14.3. The number of nitrogens with zero attached hydrogens (tertiary/aromatic N) is 1. The summed E-state index contributed by atoms with van der Waals surface area (Å²) < 4.78 is 0. The first-order valence-corrected chi connectivity index (χ1v) is 6.62. The number of phenols is 1. The van der Waals surface area contributed by atoms with E-state index in [2.05, 4.69) is 5.32 Å². The van der Waals surface area contributed by atoms with Crippen LogP contribution < -0.4 is 5.32 Å². The molecule has 0 heterocycles. The largest absolute Gasteiger partial charge is 0.508 e. The monoisotopic (exact) mass is 264 g/mol. The van der Waals surface area contributed by atoms with Crippen LogP contribution in [0.5, 0.6) is 5.75 Å². The summed E-state index contributed by atoms with van der Waals surface area (Å²) in [5, 5.41) is 12.6. The van der Waals surface area contributed by atoms with E-state index in [1.807, 2.05) is 38.7 Å². The molecule has 0 saturated carbocycles. The maximum Gasteiger partial charge on any atom is 0.242 e. The van der Waals surface area contributed by atoms with E-state index in [1.54, 1.807) is 25.2 Å². The van der Waals surface area contributed by atoms with Gasteiger partial charge in [-0.2, -0.15) is 0 Å². The first-order valence-electron chi connectivity index (χ1n) is 6.62. The molecule has 2 N–H and O–H groups in total. The number of likely N-dealkylation sites (N-methyl/N-ethyl adjacent to an activating group) is 2. The van der Waals surface area contributed by atoms with Gasteiger partial charge in [0.05, 0.1) is 11.6 Å². The zero-order valence-corrected chi connectivity index (χ0v) is 12.4. The lowest BCUT2D eigenvalue weighted by Gasteiger charge is -2.35. The van der Waals surface area contributed by atoms with Gasteiger partial charge in [-0.05, 0) is 52.4 Å². The summed E-state index contributed by atoms with van der Waals surface area (Å²) >= 11 is 0. The van der Waals surface area contributed by atoms with Gasteiger partial charge in [-0.25, -0.2) is 0 Å². The van der Waals surface area contributed by atoms with Gasteiger partial charge in [0.1, 0.15) is 5.75 Å². The molecule has 0 aliphatic carbocycles. The maximum atomic E-state index is 12.5. The number of aromatic hydroxyl groups is 1. The first kappa shape index (κ1) is 15.5. The Bertz CT molecular complexity index is 444. The molecule has 1 aromatic rings. The lowest BCUT2D eigenvalue weighted by atomic mass is 10.00. The third-order valence-corrected chi connectivity index (χ3v) is 3.58. The highest BCUT2D eigenvalue weighted by Crippen LogP contribution is 2.25. The fraction of sp³-hybridized carbons (Fsp3) is 0.533. The van der Waals surface area contributed by atoms with Crippen molar-refractivity contribution >= 4 is 5.91 Å². The van der Waals surface area contributed by atoms with Gasteiger partial charge in [0.2, 0.25) is 5.91 Å². The fourth-order valence-electron chi connectivity index (χ4n) is 2.02. The molecule has 1 atom stereocenters. The second-order valence-corrected chi connectivity index (χ2v) is 5.24. The molecule has 1 amide bonds. The Hall–Kier alpha value is -1.55. The SMILES string of the molecule is CCN(C(=O)C(C)(C)NC)C(C)c1cccc(O)c1. The van der Waals surface area contributed by atoms with Crippen LogP contribution in [0.4, 0.5) is 0 Å². The molecule has 0 radical (unpaired) electrons. The van der Waals surface area contributed by atoms with E-state index in [4.69, 9.17) is 0 Å². The Morgan fingerprint density at radius 2 is 2.11 bits per heavy atom.